The van der Waals surface area contributed by atoms with Crippen molar-refractivity contribution in [2.75, 3.05) is 40.9 Å². The molecule has 8 nitrogen and oxygen atoms in total. The molecular formula is C45H91N2O6P. The van der Waals surface area contributed by atoms with Crippen LogP contribution in [-0.4, -0.2) is 68.5 Å². The van der Waals surface area contributed by atoms with E-state index in [4.69, 9.17) is 9.05 Å². The van der Waals surface area contributed by atoms with Crippen molar-refractivity contribution in [1.29, 1.82) is 0 Å². The summed E-state index contributed by atoms with van der Waals surface area (Å²) in [6, 6.07) is -0.879. The average molecular weight is 787 g/mol. The Morgan fingerprint density at radius 3 is 1.39 bits per heavy atom. The first-order valence-corrected chi connectivity index (χ1v) is 24.5. The summed E-state index contributed by atoms with van der Waals surface area (Å²) >= 11 is 0. The lowest BCUT2D eigenvalue weighted by Gasteiger charge is -2.29. The van der Waals surface area contributed by atoms with Crippen molar-refractivity contribution in [3.05, 3.63) is 12.2 Å². The molecule has 0 aromatic rings. The first kappa shape index (κ1) is 53.2. The highest BCUT2D eigenvalue weighted by Crippen LogP contribution is 2.38. The van der Waals surface area contributed by atoms with Crippen LogP contribution in [0.2, 0.25) is 0 Å². The van der Waals surface area contributed by atoms with Gasteiger partial charge in [-0.05, 0) is 19.3 Å². The van der Waals surface area contributed by atoms with Crippen molar-refractivity contribution in [2.24, 2.45) is 0 Å². The van der Waals surface area contributed by atoms with Gasteiger partial charge in [-0.2, -0.15) is 0 Å². The fourth-order valence-electron chi connectivity index (χ4n) is 6.80. The molecule has 54 heavy (non-hydrogen) atoms. The number of allylic oxidation sites excluding steroid dienone is 1. The molecule has 0 bridgehead atoms. The van der Waals surface area contributed by atoms with Crippen LogP contribution in [0.3, 0.4) is 0 Å². The Kier molecular flexibility index (Phi) is 37.3. The first-order chi connectivity index (χ1) is 26.0. The maximum absolute atomic E-state index is 12.9. The molecule has 0 saturated heterocycles. The molecular weight excluding hydrogens is 695 g/mol. The molecule has 2 N–H and O–H groups in total. The number of rotatable bonds is 42. The minimum atomic E-state index is -4.58. The molecule has 0 rings (SSSR count). The topological polar surface area (TPSA) is 108 Å². The lowest BCUT2D eigenvalue weighted by atomic mass is 10.0. The third kappa shape index (κ3) is 39.5. The number of carbonyl (C=O) groups excluding carboxylic acids is 1. The van der Waals surface area contributed by atoms with Crippen molar-refractivity contribution >= 4 is 13.7 Å². The van der Waals surface area contributed by atoms with Gasteiger partial charge < -0.3 is 28.8 Å². The molecule has 0 aromatic carbocycles. The highest BCUT2D eigenvalue weighted by atomic mass is 31.2. The van der Waals surface area contributed by atoms with Crippen molar-refractivity contribution in [2.45, 2.75) is 231 Å². The molecule has 1 amide bonds. The number of likely N-dealkylation sites (N-methyl/N-ethyl adjacent to an activating group) is 1. The van der Waals surface area contributed by atoms with Crippen LogP contribution in [0.15, 0.2) is 12.2 Å². The van der Waals surface area contributed by atoms with Crippen LogP contribution in [0, 0.1) is 0 Å². The van der Waals surface area contributed by atoms with Crippen molar-refractivity contribution in [1.82, 2.24) is 5.32 Å². The molecule has 0 fully saturated rings. The van der Waals surface area contributed by atoms with E-state index in [0.29, 0.717) is 17.4 Å². The minimum Gasteiger partial charge on any atom is -0.756 e. The summed E-state index contributed by atoms with van der Waals surface area (Å²) in [5.41, 5.74) is 0. The van der Waals surface area contributed by atoms with Gasteiger partial charge in [-0.15, -0.1) is 0 Å². The molecule has 0 aliphatic heterocycles. The van der Waals surface area contributed by atoms with Gasteiger partial charge in [0.25, 0.3) is 7.82 Å². The molecule has 0 aliphatic rings. The normalized spacial score (nSPS) is 14.4. The average Bonchev–Trinajstić information content (AvgIpc) is 3.12. The highest BCUT2D eigenvalue weighted by Gasteiger charge is 2.23. The van der Waals surface area contributed by atoms with Gasteiger partial charge in [0.15, 0.2) is 0 Å². The number of nitrogens with zero attached hydrogens (tertiary/aromatic N) is 1. The third-order valence-electron chi connectivity index (χ3n) is 10.5. The zero-order valence-corrected chi connectivity index (χ0v) is 37.3. The van der Waals surface area contributed by atoms with Crippen LogP contribution in [-0.2, 0) is 18.4 Å². The zero-order valence-electron chi connectivity index (χ0n) is 36.4. The zero-order chi connectivity index (χ0) is 40.0. The highest BCUT2D eigenvalue weighted by molar-refractivity contribution is 7.45. The largest absolute Gasteiger partial charge is 0.756 e. The second kappa shape index (κ2) is 37.8. The van der Waals surface area contributed by atoms with Gasteiger partial charge in [0, 0.05) is 6.42 Å². The molecule has 0 heterocycles. The van der Waals surface area contributed by atoms with E-state index in [-0.39, 0.29) is 19.1 Å². The Labute approximate surface area is 335 Å². The van der Waals surface area contributed by atoms with E-state index in [0.717, 1.165) is 38.5 Å². The van der Waals surface area contributed by atoms with Crippen molar-refractivity contribution < 1.29 is 32.9 Å². The predicted molar refractivity (Wildman–Crippen MR) is 229 cm³/mol. The molecule has 0 aliphatic carbocycles. The third-order valence-corrected chi connectivity index (χ3v) is 11.5. The number of unbranched alkanes of at least 4 members (excludes halogenated alkanes) is 29. The van der Waals surface area contributed by atoms with Crippen LogP contribution in [0.4, 0.5) is 0 Å². The second-order valence-electron chi connectivity index (χ2n) is 17.1. The van der Waals surface area contributed by atoms with Gasteiger partial charge >= 0.3 is 0 Å². The number of carbonyl (C=O) groups is 1. The van der Waals surface area contributed by atoms with Crippen LogP contribution < -0.4 is 10.2 Å². The molecule has 3 atom stereocenters. The maximum atomic E-state index is 12.9. The van der Waals surface area contributed by atoms with Gasteiger partial charge in [0.1, 0.15) is 13.2 Å². The molecule has 0 spiro atoms. The van der Waals surface area contributed by atoms with E-state index in [9.17, 15) is 19.4 Å². The Morgan fingerprint density at radius 1 is 0.630 bits per heavy atom. The smallest absolute Gasteiger partial charge is 0.268 e. The minimum absolute atomic E-state index is 0.00218. The second-order valence-corrected chi connectivity index (χ2v) is 18.5. The SMILES string of the molecule is CCCCCCCCCCCCCCC/C=C/C(O)C(COP(=O)([O-])OCC[N+](C)(C)C)NC(=O)CCCCCCCCCCCCCCCCCCC. The molecule has 0 saturated carbocycles. The molecule has 0 aromatic heterocycles. The molecule has 322 valence electrons. The standard InChI is InChI=1S/C45H91N2O6P/c1-6-8-10-12-14-16-18-20-22-23-25-27-29-31-33-35-37-39-45(49)46-43(42-53-54(50,51)52-41-40-47(3,4)5)44(48)38-36-34-32-30-28-26-24-21-19-17-15-13-11-9-7-2/h36,38,43-44,48H,6-35,37,39-42H2,1-5H3,(H-,46,49,50,51)/b38-36+. The van der Waals surface area contributed by atoms with Gasteiger partial charge in [-0.1, -0.05) is 206 Å². The number of amides is 1. The van der Waals surface area contributed by atoms with Gasteiger partial charge in [-0.25, -0.2) is 0 Å². The van der Waals surface area contributed by atoms with Crippen LogP contribution in [0.25, 0.3) is 0 Å². The van der Waals surface area contributed by atoms with Crippen LogP contribution in [0.1, 0.15) is 219 Å². The molecule has 3 unspecified atom stereocenters. The number of nitrogens with one attached hydrogen (secondary N) is 1. The number of hydrogen-bond acceptors (Lipinski definition) is 6. The molecule has 9 heteroatoms. The van der Waals surface area contributed by atoms with E-state index in [1.807, 2.05) is 27.2 Å². The summed E-state index contributed by atoms with van der Waals surface area (Å²) in [6.45, 7) is 4.66. The lowest BCUT2D eigenvalue weighted by molar-refractivity contribution is -0.870. The first-order valence-electron chi connectivity index (χ1n) is 23.1. The van der Waals surface area contributed by atoms with Crippen molar-refractivity contribution in [3.63, 3.8) is 0 Å². The number of phosphoric ester groups is 1. The van der Waals surface area contributed by atoms with Gasteiger partial charge in [0.05, 0.1) is 39.9 Å². The number of quaternary nitrogens is 1. The summed E-state index contributed by atoms with van der Waals surface area (Å²) in [4.78, 5) is 25.3. The Bertz CT molecular complexity index is 896. The summed E-state index contributed by atoms with van der Waals surface area (Å²) in [6.07, 6.45) is 42.5. The lowest BCUT2D eigenvalue weighted by Crippen LogP contribution is -2.45. The van der Waals surface area contributed by atoms with E-state index in [1.165, 1.54) is 161 Å². The number of phosphoric acid groups is 1. The van der Waals surface area contributed by atoms with Crippen LogP contribution in [0.5, 0.6) is 0 Å². The fraction of sp³-hybridized carbons (Fsp3) is 0.933. The summed E-state index contributed by atoms with van der Waals surface area (Å²) in [5, 5.41) is 13.8. The fourth-order valence-corrected chi connectivity index (χ4v) is 7.52. The van der Waals surface area contributed by atoms with E-state index in [2.05, 4.69) is 19.2 Å². The van der Waals surface area contributed by atoms with E-state index in [1.54, 1.807) is 6.08 Å². The number of hydrogen-bond donors (Lipinski definition) is 2. The van der Waals surface area contributed by atoms with Crippen molar-refractivity contribution in [3.8, 4) is 0 Å². The maximum Gasteiger partial charge on any atom is 0.268 e. The number of aliphatic hydroxyl groups excluding tert-OH is 1. The summed E-state index contributed by atoms with van der Waals surface area (Å²) in [5.74, 6) is -0.194. The Balaban J connectivity index is 4.37. The number of aliphatic hydroxyl groups is 1. The predicted octanol–water partition coefficient (Wildman–Crippen LogP) is 12.1. The monoisotopic (exact) mass is 787 g/mol. The Morgan fingerprint density at radius 2 is 1.00 bits per heavy atom. The van der Waals surface area contributed by atoms with Crippen LogP contribution >= 0.6 is 7.82 Å². The van der Waals surface area contributed by atoms with E-state index < -0.39 is 20.0 Å². The quantitative estimate of drug-likeness (QED) is 0.0276. The van der Waals surface area contributed by atoms with E-state index >= 15 is 0 Å². The van der Waals surface area contributed by atoms with Gasteiger partial charge in [-0.3, -0.25) is 9.36 Å². The summed E-state index contributed by atoms with van der Waals surface area (Å²) < 4.78 is 23.2. The molecule has 0 radical (unpaired) electrons. The summed E-state index contributed by atoms with van der Waals surface area (Å²) in [7, 11) is 1.27. The Hall–Kier alpha value is -0.760. The van der Waals surface area contributed by atoms with Gasteiger partial charge in [0.2, 0.25) is 5.91 Å².